The van der Waals surface area contributed by atoms with Crippen LogP contribution >= 0.6 is 10.9 Å². The summed E-state index contributed by atoms with van der Waals surface area (Å²) in [5.41, 5.74) is -0.191. The average Bonchev–Trinajstić information content (AvgIpc) is 1.98. The molecular formula is C4H5NO2S. The highest BCUT2D eigenvalue weighted by atomic mass is 32.2. The molecule has 0 saturated heterocycles. The molecule has 44 valence electrons. The first kappa shape index (κ1) is 5.53. The van der Waals surface area contributed by atoms with Crippen molar-refractivity contribution in [3.05, 3.63) is 21.8 Å². The molecule has 0 aromatic carbocycles. The SMILES string of the molecule is Cn1c(=O)cc[s+]1[O-]. The maximum Gasteiger partial charge on any atom is 0.295 e. The van der Waals surface area contributed by atoms with Crippen molar-refractivity contribution in [3.63, 3.8) is 0 Å². The smallest absolute Gasteiger partial charge is 0.295 e. The van der Waals surface area contributed by atoms with E-state index in [9.17, 15) is 9.35 Å². The van der Waals surface area contributed by atoms with Crippen LogP contribution in [0.1, 0.15) is 0 Å². The predicted molar refractivity (Wildman–Crippen MR) is 30.3 cm³/mol. The quantitative estimate of drug-likeness (QED) is 0.469. The summed E-state index contributed by atoms with van der Waals surface area (Å²) in [5.74, 6) is 0. The Balaban J connectivity index is 3.41. The van der Waals surface area contributed by atoms with Crippen LogP contribution in [0.2, 0.25) is 0 Å². The van der Waals surface area contributed by atoms with Gasteiger partial charge in [0.2, 0.25) is 0 Å². The molecule has 1 unspecified atom stereocenters. The van der Waals surface area contributed by atoms with E-state index in [0.29, 0.717) is 0 Å². The molecule has 0 radical (unpaired) electrons. The van der Waals surface area contributed by atoms with Gasteiger partial charge < -0.3 is 4.55 Å². The van der Waals surface area contributed by atoms with E-state index in [4.69, 9.17) is 0 Å². The molecule has 0 aliphatic rings. The van der Waals surface area contributed by atoms with E-state index >= 15 is 0 Å². The molecule has 0 saturated carbocycles. The largest absolute Gasteiger partial charge is 0.570 e. The normalized spacial score (nSPS) is 12.0. The number of hydrogen-bond acceptors (Lipinski definition) is 2. The van der Waals surface area contributed by atoms with E-state index < -0.39 is 10.9 Å². The summed E-state index contributed by atoms with van der Waals surface area (Å²) in [7, 11) is 0.304. The first-order chi connectivity index (χ1) is 3.72. The van der Waals surface area contributed by atoms with Gasteiger partial charge in [-0.15, -0.1) is 3.96 Å². The monoisotopic (exact) mass is 131 g/mol. The van der Waals surface area contributed by atoms with Gasteiger partial charge in [0.25, 0.3) is 5.56 Å². The Morgan fingerprint density at radius 3 is 2.62 bits per heavy atom. The topological polar surface area (TPSA) is 45.1 Å². The minimum Gasteiger partial charge on any atom is -0.570 e. The lowest BCUT2D eigenvalue weighted by Gasteiger charge is -1.86. The molecule has 1 aromatic rings. The Kier molecular flexibility index (Phi) is 1.19. The van der Waals surface area contributed by atoms with Crippen molar-refractivity contribution >= 4 is 10.9 Å². The van der Waals surface area contributed by atoms with E-state index in [1.807, 2.05) is 0 Å². The molecule has 0 spiro atoms. The van der Waals surface area contributed by atoms with Crippen molar-refractivity contribution < 1.29 is 4.55 Å². The standard InChI is InChI=1S/C4H5NO2S/c1-5-4(6)2-3-8(5)7/h2-3H,1H3. The second-order valence-electron chi connectivity index (χ2n) is 1.41. The summed E-state index contributed by atoms with van der Waals surface area (Å²) < 4.78 is 11.7. The van der Waals surface area contributed by atoms with Gasteiger partial charge in [-0.05, 0) is 0 Å². The van der Waals surface area contributed by atoms with Crippen LogP contribution in [0.3, 0.4) is 0 Å². The van der Waals surface area contributed by atoms with Crippen LogP contribution in [0.25, 0.3) is 0 Å². The zero-order chi connectivity index (χ0) is 6.15. The van der Waals surface area contributed by atoms with Crippen molar-refractivity contribution in [1.29, 1.82) is 0 Å². The molecule has 1 rings (SSSR count). The molecule has 0 N–H and O–H groups in total. The van der Waals surface area contributed by atoms with Gasteiger partial charge in [0, 0.05) is 10.9 Å². The summed E-state index contributed by atoms with van der Waals surface area (Å²) in [6.07, 6.45) is 0. The van der Waals surface area contributed by atoms with Gasteiger partial charge in [-0.3, -0.25) is 4.79 Å². The van der Waals surface area contributed by atoms with Crippen LogP contribution in [-0.2, 0) is 7.05 Å². The van der Waals surface area contributed by atoms with Crippen LogP contribution in [0.15, 0.2) is 16.2 Å². The number of hydrogen-bond donors (Lipinski definition) is 0. The lowest BCUT2D eigenvalue weighted by molar-refractivity contribution is 0.579. The van der Waals surface area contributed by atoms with Crippen molar-refractivity contribution in [3.8, 4) is 0 Å². The number of rotatable bonds is 0. The summed E-state index contributed by atoms with van der Waals surface area (Å²) in [4.78, 5) is 10.4. The fourth-order valence-corrected chi connectivity index (χ4v) is 1.05. The average molecular weight is 131 g/mol. The van der Waals surface area contributed by atoms with Crippen LogP contribution in [-0.4, -0.2) is 8.51 Å². The molecule has 1 heterocycles. The summed E-state index contributed by atoms with van der Waals surface area (Å²) in [5, 5.41) is 1.36. The Morgan fingerprint density at radius 2 is 2.50 bits per heavy atom. The van der Waals surface area contributed by atoms with E-state index in [0.717, 1.165) is 0 Å². The van der Waals surface area contributed by atoms with Gasteiger partial charge in [0.15, 0.2) is 5.38 Å². The van der Waals surface area contributed by atoms with E-state index in [-0.39, 0.29) is 5.56 Å². The Hall–Kier alpha value is -0.610. The minimum atomic E-state index is -1.19. The van der Waals surface area contributed by atoms with Crippen LogP contribution in [0, 0.1) is 0 Å². The number of nitrogens with zero attached hydrogens (tertiary/aromatic N) is 1. The highest BCUT2D eigenvalue weighted by molar-refractivity contribution is 7.18. The molecule has 4 heteroatoms. The molecule has 0 aliphatic carbocycles. The first-order valence-electron chi connectivity index (χ1n) is 2.08. The Labute approximate surface area is 49.1 Å². The second-order valence-corrected chi connectivity index (χ2v) is 2.79. The maximum absolute atomic E-state index is 10.5. The van der Waals surface area contributed by atoms with Gasteiger partial charge in [0.05, 0.1) is 13.1 Å². The number of aromatic nitrogens is 1. The maximum atomic E-state index is 10.5. The highest BCUT2D eigenvalue weighted by Crippen LogP contribution is 2.02. The molecule has 0 fully saturated rings. The lowest BCUT2D eigenvalue weighted by Crippen LogP contribution is -2.07. The van der Waals surface area contributed by atoms with Gasteiger partial charge in [-0.2, -0.15) is 0 Å². The molecule has 0 aliphatic heterocycles. The summed E-state index contributed by atoms with van der Waals surface area (Å²) in [6, 6.07) is 1.30. The van der Waals surface area contributed by atoms with E-state index in [1.165, 1.54) is 22.5 Å². The third-order valence-electron chi connectivity index (χ3n) is 0.907. The molecule has 0 bridgehead atoms. The minimum absolute atomic E-state index is 0.191. The van der Waals surface area contributed by atoms with E-state index in [1.54, 1.807) is 0 Å². The van der Waals surface area contributed by atoms with Crippen LogP contribution < -0.4 is 5.56 Å². The summed E-state index contributed by atoms with van der Waals surface area (Å²) in [6.45, 7) is 0. The fourth-order valence-electron chi connectivity index (χ4n) is 0.401. The molecule has 0 amide bonds. The predicted octanol–water partition coefficient (Wildman–Crippen LogP) is 0.113. The zero-order valence-corrected chi connectivity index (χ0v) is 5.14. The molecular weight excluding hydrogens is 126 g/mol. The Bertz CT molecular complexity index is 236. The lowest BCUT2D eigenvalue weighted by atomic mass is 10.7. The third kappa shape index (κ3) is 0.677. The van der Waals surface area contributed by atoms with Crippen molar-refractivity contribution in [2.75, 3.05) is 0 Å². The second kappa shape index (κ2) is 1.72. The molecule has 3 nitrogen and oxygen atoms in total. The van der Waals surface area contributed by atoms with Gasteiger partial charge in [-0.25, -0.2) is 0 Å². The molecule has 1 atom stereocenters. The van der Waals surface area contributed by atoms with Gasteiger partial charge in [-0.1, -0.05) is 0 Å². The Morgan fingerprint density at radius 1 is 1.88 bits per heavy atom. The zero-order valence-electron chi connectivity index (χ0n) is 4.33. The van der Waals surface area contributed by atoms with Crippen molar-refractivity contribution in [2.24, 2.45) is 7.05 Å². The van der Waals surface area contributed by atoms with Crippen LogP contribution in [0.4, 0.5) is 0 Å². The van der Waals surface area contributed by atoms with Crippen LogP contribution in [0.5, 0.6) is 0 Å². The van der Waals surface area contributed by atoms with Gasteiger partial charge >= 0.3 is 0 Å². The van der Waals surface area contributed by atoms with Crippen molar-refractivity contribution in [2.45, 2.75) is 0 Å². The molecule has 8 heavy (non-hydrogen) atoms. The summed E-state index contributed by atoms with van der Waals surface area (Å²) >= 11 is 0. The van der Waals surface area contributed by atoms with E-state index in [2.05, 4.69) is 0 Å². The third-order valence-corrected chi connectivity index (χ3v) is 2.00. The first-order valence-corrected chi connectivity index (χ1v) is 3.25. The molecule has 1 aromatic heterocycles. The highest BCUT2D eigenvalue weighted by Gasteiger charge is 1.97. The fraction of sp³-hybridized carbons (Fsp3) is 0.250. The van der Waals surface area contributed by atoms with Gasteiger partial charge in [0.1, 0.15) is 0 Å². The van der Waals surface area contributed by atoms with Crippen molar-refractivity contribution in [1.82, 2.24) is 3.96 Å².